The van der Waals surface area contributed by atoms with Crippen LogP contribution in [-0.2, 0) is 6.54 Å². The number of nitrogens with two attached hydrogens (primary N) is 1. The monoisotopic (exact) mass is 377 g/mol. The van der Waals surface area contributed by atoms with Crippen molar-refractivity contribution in [3.63, 3.8) is 0 Å². The lowest BCUT2D eigenvalue weighted by Gasteiger charge is -2.13. The molecule has 9 heteroatoms. The predicted molar refractivity (Wildman–Crippen MR) is 76.3 cm³/mol. The topological polar surface area (TPSA) is 70.3 Å². The van der Waals surface area contributed by atoms with Crippen LogP contribution in [0.2, 0.25) is 0 Å². The van der Waals surface area contributed by atoms with Gasteiger partial charge in [-0.15, -0.1) is 13.2 Å². The minimum Gasteiger partial charge on any atom is -0.496 e. The van der Waals surface area contributed by atoms with Crippen molar-refractivity contribution in [2.45, 2.75) is 12.9 Å². The van der Waals surface area contributed by atoms with Crippen LogP contribution in [0.15, 0.2) is 29.0 Å². The van der Waals surface area contributed by atoms with E-state index in [4.69, 9.17) is 10.5 Å². The first kappa shape index (κ1) is 16.5. The average Bonchev–Trinajstić information content (AvgIpc) is 2.46. The Bertz CT molecular complexity index is 680. The van der Waals surface area contributed by atoms with Gasteiger partial charge in [0.1, 0.15) is 21.8 Å². The largest absolute Gasteiger partial charge is 0.573 e. The summed E-state index contributed by atoms with van der Waals surface area (Å²) in [7, 11) is 1.34. The highest BCUT2D eigenvalue weighted by Gasteiger charge is 2.31. The SMILES string of the molecule is COc1cc(OC(F)(F)F)ccc1-c1nc(CN)cnc1Br. The number of rotatable bonds is 4. The number of hydrogen-bond acceptors (Lipinski definition) is 5. The summed E-state index contributed by atoms with van der Waals surface area (Å²) in [5, 5.41) is 0. The molecule has 0 bridgehead atoms. The molecule has 22 heavy (non-hydrogen) atoms. The molecule has 1 heterocycles. The molecule has 0 radical (unpaired) electrons. The molecule has 1 aromatic heterocycles. The molecular formula is C13H11BrF3N3O2. The molecule has 0 spiro atoms. The molecule has 2 N–H and O–H groups in total. The molecular weight excluding hydrogens is 367 g/mol. The number of hydrogen-bond donors (Lipinski definition) is 1. The zero-order valence-corrected chi connectivity index (χ0v) is 12.9. The highest BCUT2D eigenvalue weighted by atomic mass is 79.9. The van der Waals surface area contributed by atoms with Crippen LogP contribution in [-0.4, -0.2) is 23.4 Å². The lowest BCUT2D eigenvalue weighted by atomic mass is 10.1. The van der Waals surface area contributed by atoms with Gasteiger partial charge >= 0.3 is 6.36 Å². The number of methoxy groups -OCH3 is 1. The van der Waals surface area contributed by atoms with E-state index in [1.165, 1.54) is 25.4 Å². The summed E-state index contributed by atoms with van der Waals surface area (Å²) in [5.74, 6) is -0.210. The van der Waals surface area contributed by atoms with Crippen molar-refractivity contribution >= 4 is 15.9 Å². The van der Waals surface area contributed by atoms with Gasteiger partial charge in [-0.05, 0) is 28.1 Å². The third-order valence-corrected chi connectivity index (χ3v) is 3.23. The summed E-state index contributed by atoms with van der Waals surface area (Å²) in [5.41, 5.74) is 6.93. The first-order valence-electron chi connectivity index (χ1n) is 5.99. The van der Waals surface area contributed by atoms with Crippen molar-refractivity contribution in [1.29, 1.82) is 0 Å². The molecule has 1 aromatic carbocycles. The van der Waals surface area contributed by atoms with E-state index in [1.54, 1.807) is 0 Å². The van der Waals surface area contributed by atoms with E-state index < -0.39 is 6.36 Å². The average molecular weight is 378 g/mol. The maximum atomic E-state index is 12.3. The molecule has 5 nitrogen and oxygen atoms in total. The van der Waals surface area contributed by atoms with Crippen LogP contribution in [0.25, 0.3) is 11.3 Å². The molecule has 0 fully saturated rings. The third-order valence-electron chi connectivity index (χ3n) is 2.65. The van der Waals surface area contributed by atoms with Gasteiger partial charge < -0.3 is 15.2 Å². The van der Waals surface area contributed by atoms with Gasteiger partial charge in [-0.3, -0.25) is 0 Å². The second-order valence-corrected chi connectivity index (χ2v) is 4.87. The number of ether oxygens (including phenoxy) is 2. The summed E-state index contributed by atoms with van der Waals surface area (Å²) in [6, 6.07) is 3.72. The second-order valence-electron chi connectivity index (χ2n) is 4.11. The Morgan fingerprint density at radius 2 is 2.05 bits per heavy atom. The van der Waals surface area contributed by atoms with Crippen molar-refractivity contribution < 1.29 is 22.6 Å². The lowest BCUT2D eigenvalue weighted by molar-refractivity contribution is -0.274. The number of halogens is 4. The van der Waals surface area contributed by atoms with E-state index in [1.807, 2.05) is 0 Å². The normalized spacial score (nSPS) is 11.4. The van der Waals surface area contributed by atoms with Gasteiger partial charge in [0, 0.05) is 18.2 Å². The molecule has 0 amide bonds. The molecule has 2 rings (SSSR count). The Morgan fingerprint density at radius 3 is 2.64 bits per heavy atom. The summed E-state index contributed by atoms with van der Waals surface area (Å²) >= 11 is 3.25. The fraction of sp³-hybridized carbons (Fsp3) is 0.231. The Balaban J connectivity index is 2.48. The predicted octanol–water partition coefficient (Wildman–Crippen LogP) is 3.27. The van der Waals surface area contributed by atoms with Gasteiger partial charge in [0.05, 0.1) is 19.0 Å². The van der Waals surface area contributed by atoms with E-state index >= 15 is 0 Å². The number of benzene rings is 1. The molecule has 0 saturated heterocycles. The zero-order chi connectivity index (χ0) is 16.3. The summed E-state index contributed by atoms with van der Waals surface area (Å²) in [6.45, 7) is 0.185. The van der Waals surface area contributed by atoms with Gasteiger partial charge in [0.25, 0.3) is 0 Å². The first-order valence-corrected chi connectivity index (χ1v) is 6.79. The molecule has 0 atom stereocenters. The molecule has 0 unspecified atom stereocenters. The highest BCUT2D eigenvalue weighted by molar-refractivity contribution is 9.10. The maximum Gasteiger partial charge on any atom is 0.573 e. The van der Waals surface area contributed by atoms with Crippen LogP contribution in [0.4, 0.5) is 13.2 Å². The highest BCUT2D eigenvalue weighted by Crippen LogP contribution is 2.36. The molecule has 2 aromatic rings. The van der Waals surface area contributed by atoms with Crippen LogP contribution in [0, 0.1) is 0 Å². The van der Waals surface area contributed by atoms with Crippen LogP contribution in [0.1, 0.15) is 5.69 Å². The van der Waals surface area contributed by atoms with E-state index in [0.29, 0.717) is 21.6 Å². The van der Waals surface area contributed by atoms with Crippen LogP contribution < -0.4 is 15.2 Å². The minimum absolute atomic E-state index is 0.172. The molecule has 118 valence electrons. The zero-order valence-electron chi connectivity index (χ0n) is 11.3. The first-order chi connectivity index (χ1) is 10.3. The van der Waals surface area contributed by atoms with E-state index in [0.717, 1.165) is 6.07 Å². The molecule has 0 aliphatic rings. The third kappa shape index (κ3) is 3.86. The molecule has 0 aliphatic heterocycles. The van der Waals surface area contributed by atoms with Gasteiger partial charge in [-0.2, -0.15) is 0 Å². The Kier molecular flexibility index (Phi) is 4.87. The van der Waals surface area contributed by atoms with Crippen molar-refractivity contribution in [2.75, 3.05) is 7.11 Å². The van der Waals surface area contributed by atoms with Crippen molar-refractivity contribution in [1.82, 2.24) is 9.97 Å². The van der Waals surface area contributed by atoms with Gasteiger partial charge in [-0.25, -0.2) is 9.97 Å². The smallest absolute Gasteiger partial charge is 0.496 e. The number of alkyl halides is 3. The Labute approximate surface area is 132 Å². The minimum atomic E-state index is -4.77. The van der Waals surface area contributed by atoms with Crippen molar-refractivity contribution in [3.05, 3.63) is 34.7 Å². The van der Waals surface area contributed by atoms with Crippen molar-refractivity contribution in [3.8, 4) is 22.8 Å². The fourth-order valence-electron chi connectivity index (χ4n) is 1.74. The molecule has 0 aliphatic carbocycles. The Hall–Kier alpha value is -1.87. The van der Waals surface area contributed by atoms with Gasteiger partial charge in [0.15, 0.2) is 0 Å². The van der Waals surface area contributed by atoms with Crippen LogP contribution >= 0.6 is 15.9 Å². The van der Waals surface area contributed by atoms with Gasteiger partial charge in [-0.1, -0.05) is 0 Å². The summed E-state index contributed by atoms with van der Waals surface area (Å²) in [6.07, 6.45) is -3.27. The molecule has 0 saturated carbocycles. The fourth-order valence-corrected chi connectivity index (χ4v) is 2.15. The van der Waals surface area contributed by atoms with E-state index in [2.05, 4.69) is 30.6 Å². The Morgan fingerprint density at radius 1 is 1.32 bits per heavy atom. The second kappa shape index (κ2) is 6.49. The quantitative estimate of drug-likeness (QED) is 0.885. The van der Waals surface area contributed by atoms with Crippen LogP contribution in [0.5, 0.6) is 11.5 Å². The lowest BCUT2D eigenvalue weighted by Crippen LogP contribution is -2.17. The van der Waals surface area contributed by atoms with E-state index in [-0.39, 0.29) is 18.0 Å². The summed E-state index contributed by atoms with van der Waals surface area (Å²) < 4.78 is 46.2. The standard InChI is InChI=1S/C13H11BrF3N3O2/c1-21-10-4-8(22-13(15,16)17)2-3-9(10)11-12(14)19-6-7(5-18)20-11/h2-4,6H,5,18H2,1H3. The van der Waals surface area contributed by atoms with Crippen LogP contribution in [0.3, 0.4) is 0 Å². The van der Waals surface area contributed by atoms with Gasteiger partial charge in [0.2, 0.25) is 0 Å². The summed E-state index contributed by atoms with van der Waals surface area (Å²) in [4.78, 5) is 8.39. The number of aromatic nitrogens is 2. The van der Waals surface area contributed by atoms with Crippen molar-refractivity contribution in [2.24, 2.45) is 5.73 Å². The van der Waals surface area contributed by atoms with E-state index in [9.17, 15) is 13.2 Å². The number of nitrogens with zero attached hydrogens (tertiary/aromatic N) is 2. The maximum absolute atomic E-state index is 12.3.